The second-order valence-corrected chi connectivity index (χ2v) is 10.9. The smallest absolute Gasteiger partial charge is 0.273 e. The second-order valence-electron chi connectivity index (χ2n) is 10.9. The standard InChI is InChI=1S/C27H39N9O5/c1-5-15(6-2)29-24-21-25(36(13-28-21)19-11-17(22(38)23(19)39)31-20(37)7-3)33-27(32-24)35-9-8-16(12-35)30-26(40)18-10-14(4)41-34-18/h10,13,15-17,19,22-23,38-39H,5-9,11-12H2,1-4H3,(H,30,40)(H,31,37)(H,29,32,33)/t16-,17+,19-,22-,23+/m1/s1. The van der Waals surface area contributed by atoms with E-state index < -0.39 is 24.3 Å². The molecule has 5 atom stereocenters. The highest BCUT2D eigenvalue weighted by Crippen LogP contribution is 2.35. The van der Waals surface area contributed by atoms with E-state index in [9.17, 15) is 19.8 Å². The number of aryl methyl sites for hydroxylation is 1. The number of carbonyl (C=O) groups is 2. The molecule has 14 heteroatoms. The van der Waals surface area contributed by atoms with Crippen LogP contribution in [0, 0.1) is 6.92 Å². The van der Waals surface area contributed by atoms with E-state index in [1.807, 2.05) is 4.90 Å². The summed E-state index contributed by atoms with van der Waals surface area (Å²) in [5.41, 5.74) is 1.33. The molecular weight excluding hydrogens is 530 g/mol. The fraction of sp³-hybridized carbons (Fsp3) is 0.630. The molecule has 2 aliphatic rings. The molecule has 5 rings (SSSR count). The fourth-order valence-electron chi connectivity index (χ4n) is 5.60. The van der Waals surface area contributed by atoms with Gasteiger partial charge in [-0.2, -0.15) is 9.97 Å². The van der Waals surface area contributed by atoms with Crippen LogP contribution in [0.5, 0.6) is 0 Å². The Bertz CT molecular complexity index is 1390. The molecular formula is C27H39N9O5. The highest BCUT2D eigenvalue weighted by Gasteiger charge is 2.44. The lowest BCUT2D eigenvalue weighted by molar-refractivity contribution is -0.122. The normalized spacial score (nSPS) is 24.4. The average Bonchev–Trinajstić information content (AvgIpc) is 3.76. The SMILES string of the molecule is CCC(=O)N[C@H]1C[C@@H](n2cnc3c(NC(CC)CC)nc(N4CC[C@@H](NC(=O)c5cc(C)on5)C4)nc32)[C@H](O)[C@@H]1O. The van der Waals surface area contributed by atoms with Crippen molar-refractivity contribution in [1.82, 2.24) is 35.3 Å². The first kappa shape index (κ1) is 28.7. The second kappa shape index (κ2) is 12.0. The molecule has 1 saturated heterocycles. The third-order valence-electron chi connectivity index (χ3n) is 8.08. The van der Waals surface area contributed by atoms with Gasteiger partial charge in [0.05, 0.1) is 18.4 Å². The monoisotopic (exact) mass is 569 g/mol. The van der Waals surface area contributed by atoms with Crippen LogP contribution < -0.4 is 20.9 Å². The molecule has 1 aliphatic heterocycles. The molecule has 3 aromatic heterocycles. The van der Waals surface area contributed by atoms with Gasteiger partial charge in [-0.25, -0.2) is 4.98 Å². The van der Waals surface area contributed by atoms with Crippen LogP contribution in [0.25, 0.3) is 11.2 Å². The number of imidazole rings is 1. The van der Waals surface area contributed by atoms with Gasteiger partial charge in [-0.05, 0) is 32.6 Å². The molecule has 4 heterocycles. The third kappa shape index (κ3) is 5.84. The van der Waals surface area contributed by atoms with E-state index in [2.05, 4.69) is 39.9 Å². The van der Waals surface area contributed by atoms with Crippen LogP contribution in [0.15, 0.2) is 16.9 Å². The molecule has 41 heavy (non-hydrogen) atoms. The number of aliphatic hydroxyl groups excluding tert-OH is 2. The quantitative estimate of drug-likeness (QED) is 0.237. The van der Waals surface area contributed by atoms with Crippen molar-refractivity contribution in [3.8, 4) is 0 Å². The molecule has 1 aliphatic carbocycles. The van der Waals surface area contributed by atoms with Crippen molar-refractivity contribution in [2.24, 2.45) is 0 Å². The van der Waals surface area contributed by atoms with Gasteiger partial charge in [0, 0.05) is 37.7 Å². The third-order valence-corrected chi connectivity index (χ3v) is 8.08. The van der Waals surface area contributed by atoms with Crippen molar-refractivity contribution in [3.05, 3.63) is 23.8 Å². The number of aliphatic hydroxyl groups is 2. The topological polar surface area (TPSA) is 184 Å². The molecule has 0 radical (unpaired) electrons. The largest absolute Gasteiger partial charge is 0.388 e. The summed E-state index contributed by atoms with van der Waals surface area (Å²) in [6.45, 7) is 8.81. The Labute approximate surface area is 237 Å². The summed E-state index contributed by atoms with van der Waals surface area (Å²) >= 11 is 0. The van der Waals surface area contributed by atoms with E-state index in [4.69, 9.17) is 14.5 Å². The van der Waals surface area contributed by atoms with Gasteiger partial charge in [-0.15, -0.1) is 0 Å². The zero-order valence-electron chi connectivity index (χ0n) is 23.9. The lowest BCUT2D eigenvalue weighted by Crippen LogP contribution is -2.42. The highest BCUT2D eigenvalue weighted by atomic mass is 16.5. The van der Waals surface area contributed by atoms with Crippen LogP contribution in [-0.2, 0) is 4.79 Å². The number of amides is 2. The van der Waals surface area contributed by atoms with Gasteiger partial charge in [0.1, 0.15) is 18.0 Å². The summed E-state index contributed by atoms with van der Waals surface area (Å²) in [6.07, 6.45) is 2.47. The van der Waals surface area contributed by atoms with Crippen molar-refractivity contribution in [2.45, 2.75) is 96.2 Å². The summed E-state index contributed by atoms with van der Waals surface area (Å²) in [5, 5.41) is 34.8. The van der Waals surface area contributed by atoms with E-state index in [1.165, 1.54) is 0 Å². The molecule has 0 unspecified atom stereocenters. The van der Waals surface area contributed by atoms with E-state index >= 15 is 0 Å². The van der Waals surface area contributed by atoms with Gasteiger partial charge in [0.15, 0.2) is 22.7 Å². The number of anilines is 2. The maximum absolute atomic E-state index is 12.6. The van der Waals surface area contributed by atoms with Crippen LogP contribution in [0.1, 0.15) is 75.2 Å². The molecule has 2 fully saturated rings. The number of nitrogens with zero attached hydrogens (tertiary/aromatic N) is 6. The minimum absolute atomic E-state index is 0.131. The van der Waals surface area contributed by atoms with Crippen molar-refractivity contribution in [2.75, 3.05) is 23.3 Å². The van der Waals surface area contributed by atoms with Crippen molar-refractivity contribution >= 4 is 34.7 Å². The van der Waals surface area contributed by atoms with Gasteiger partial charge in [0.25, 0.3) is 5.91 Å². The van der Waals surface area contributed by atoms with Gasteiger partial charge < -0.3 is 40.2 Å². The molecule has 222 valence electrons. The molecule has 0 spiro atoms. The predicted octanol–water partition coefficient (Wildman–Crippen LogP) is 1.29. The molecule has 1 saturated carbocycles. The zero-order chi connectivity index (χ0) is 29.3. The number of fused-ring (bicyclic) bond motifs is 1. The number of hydrogen-bond acceptors (Lipinski definition) is 11. The number of hydrogen-bond donors (Lipinski definition) is 5. The maximum atomic E-state index is 12.6. The fourth-order valence-corrected chi connectivity index (χ4v) is 5.60. The zero-order valence-corrected chi connectivity index (χ0v) is 23.9. The van der Waals surface area contributed by atoms with Crippen LogP contribution >= 0.6 is 0 Å². The molecule has 2 amide bonds. The Morgan fingerprint density at radius 3 is 2.61 bits per heavy atom. The molecule has 0 aromatic carbocycles. The summed E-state index contributed by atoms with van der Waals surface area (Å²) in [7, 11) is 0. The van der Waals surface area contributed by atoms with Crippen LogP contribution in [-0.4, -0.2) is 90.1 Å². The molecule has 14 nitrogen and oxygen atoms in total. The Morgan fingerprint density at radius 1 is 1.15 bits per heavy atom. The lowest BCUT2D eigenvalue weighted by Gasteiger charge is -2.22. The summed E-state index contributed by atoms with van der Waals surface area (Å²) in [4.78, 5) is 41.0. The van der Waals surface area contributed by atoms with Gasteiger partial charge in [-0.1, -0.05) is 25.9 Å². The Kier molecular flexibility index (Phi) is 8.40. The van der Waals surface area contributed by atoms with E-state index in [-0.39, 0.29) is 36.0 Å². The molecule has 0 bridgehead atoms. The van der Waals surface area contributed by atoms with E-state index in [0.29, 0.717) is 54.6 Å². The minimum atomic E-state index is -1.12. The van der Waals surface area contributed by atoms with Crippen molar-refractivity contribution in [1.29, 1.82) is 0 Å². The van der Waals surface area contributed by atoms with Crippen molar-refractivity contribution < 1.29 is 24.3 Å². The summed E-state index contributed by atoms with van der Waals surface area (Å²) in [5.74, 6) is 1.15. The predicted molar refractivity (Wildman–Crippen MR) is 151 cm³/mol. The first-order valence-electron chi connectivity index (χ1n) is 14.4. The Balaban J connectivity index is 1.43. The average molecular weight is 570 g/mol. The van der Waals surface area contributed by atoms with Gasteiger partial charge in [0.2, 0.25) is 11.9 Å². The Morgan fingerprint density at radius 2 is 1.93 bits per heavy atom. The van der Waals surface area contributed by atoms with Crippen LogP contribution in [0.3, 0.4) is 0 Å². The number of nitrogens with one attached hydrogen (secondary N) is 3. The number of carbonyl (C=O) groups excluding carboxylic acids is 2. The summed E-state index contributed by atoms with van der Waals surface area (Å²) in [6, 6.07) is 0.518. The lowest BCUT2D eigenvalue weighted by atomic mass is 10.2. The summed E-state index contributed by atoms with van der Waals surface area (Å²) < 4.78 is 6.80. The van der Waals surface area contributed by atoms with Crippen LogP contribution in [0.4, 0.5) is 11.8 Å². The van der Waals surface area contributed by atoms with Gasteiger partial charge >= 0.3 is 0 Å². The number of aromatic nitrogens is 5. The highest BCUT2D eigenvalue weighted by molar-refractivity contribution is 5.92. The molecule has 5 N–H and O–H groups in total. The minimum Gasteiger partial charge on any atom is -0.388 e. The van der Waals surface area contributed by atoms with Crippen molar-refractivity contribution in [3.63, 3.8) is 0 Å². The number of rotatable bonds is 10. The van der Waals surface area contributed by atoms with E-state index in [1.54, 1.807) is 30.8 Å². The first-order chi connectivity index (χ1) is 19.7. The van der Waals surface area contributed by atoms with Gasteiger partial charge in [-0.3, -0.25) is 9.59 Å². The first-order valence-corrected chi connectivity index (χ1v) is 14.4. The molecule has 3 aromatic rings. The maximum Gasteiger partial charge on any atom is 0.273 e. The Hall–Kier alpha value is -3.78. The van der Waals surface area contributed by atoms with Crippen LogP contribution in [0.2, 0.25) is 0 Å². The van der Waals surface area contributed by atoms with E-state index in [0.717, 1.165) is 12.8 Å².